The van der Waals surface area contributed by atoms with Gasteiger partial charge in [0.15, 0.2) is 5.11 Å². The van der Waals surface area contributed by atoms with Crippen LogP contribution in [0.15, 0.2) is 42.5 Å². The first kappa shape index (κ1) is 22.9. The Balaban J connectivity index is 1.84. The molecule has 2 amide bonds. The zero-order chi connectivity index (χ0) is 21.4. The maximum atomic E-state index is 12.3. The van der Waals surface area contributed by atoms with Crippen LogP contribution in [-0.4, -0.2) is 30.6 Å². The van der Waals surface area contributed by atoms with E-state index in [-0.39, 0.29) is 5.11 Å². The van der Waals surface area contributed by atoms with Crippen molar-refractivity contribution < 1.29 is 19.1 Å². The number of benzene rings is 2. The molecule has 2 aromatic rings. The molecule has 2 aromatic carbocycles. The molecule has 0 aliphatic heterocycles. The van der Waals surface area contributed by atoms with Gasteiger partial charge in [0.1, 0.15) is 11.5 Å². The maximum Gasteiger partial charge on any atom is 0.269 e. The highest BCUT2D eigenvalue weighted by Crippen LogP contribution is 2.21. The molecular weight excluding hydrogens is 505 g/mol. The third-order valence-electron chi connectivity index (χ3n) is 3.63. The van der Waals surface area contributed by atoms with Crippen molar-refractivity contribution in [3.8, 4) is 11.5 Å². The number of amides is 2. The first-order valence-corrected chi connectivity index (χ1v) is 10.3. The third-order valence-corrected chi connectivity index (χ3v) is 4.68. The Kier molecular flexibility index (Phi) is 8.65. The van der Waals surface area contributed by atoms with Crippen LogP contribution in [0.1, 0.15) is 34.6 Å². The van der Waals surface area contributed by atoms with Gasteiger partial charge in [-0.15, -0.1) is 0 Å². The van der Waals surface area contributed by atoms with Gasteiger partial charge in [0, 0.05) is 11.1 Å². The number of halogens is 1. The van der Waals surface area contributed by atoms with E-state index in [1.165, 1.54) is 0 Å². The number of hydrazine groups is 1. The van der Waals surface area contributed by atoms with Crippen molar-refractivity contribution in [1.82, 2.24) is 16.2 Å². The first-order valence-electron chi connectivity index (χ1n) is 8.78. The molecule has 0 fully saturated rings. The van der Waals surface area contributed by atoms with E-state index >= 15 is 0 Å². The topological polar surface area (TPSA) is 88.7 Å². The molecule has 0 unspecified atom stereocenters. The highest BCUT2D eigenvalue weighted by Gasteiger charge is 2.11. The molecule has 0 aliphatic carbocycles. The van der Waals surface area contributed by atoms with Crippen LogP contribution in [0.5, 0.6) is 11.5 Å². The number of methoxy groups -OCH3 is 1. The van der Waals surface area contributed by atoms with Gasteiger partial charge in [0.05, 0.1) is 17.3 Å². The van der Waals surface area contributed by atoms with Crippen LogP contribution < -0.4 is 25.6 Å². The first-order chi connectivity index (χ1) is 13.8. The van der Waals surface area contributed by atoms with Crippen molar-refractivity contribution in [3.05, 3.63) is 57.2 Å². The Morgan fingerprint density at radius 3 is 2.28 bits per heavy atom. The molecule has 0 atom stereocenters. The van der Waals surface area contributed by atoms with E-state index in [9.17, 15) is 9.59 Å². The minimum absolute atomic E-state index is 0.0216. The molecule has 0 saturated carbocycles. The van der Waals surface area contributed by atoms with Gasteiger partial charge in [-0.1, -0.05) is 13.8 Å². The van der Waals surface area contributed by atoms with Gasteiger partial charge >= 0.3 is 0 Å². The van der Waals surface area contributed by atoms with Gasteiger partial charge in [0.2, 0.25) is 0 Å². The molecule has 154 valence electrons. The Labute approximate surface area is 188 Å². The second-order valence-electron chi connectivity index (χ2n) is 6.44. The standard InChI is InChI=1S/C20H22IN3O4S/c1-12(2)11-28-15-7-4-13(5-8-15)18(25)22-20(29)24-23-19(26)14-6-9-17(27-3)16(21)10-14/h4-10,12H,11H2,1-3H3,(H,23,26)(H2,22,24,25,29). The highest BCUT2D eigenvalue weighted by molar-refractivity contribution is 14.1. The molecule has 0 aromatic heterocycles. The SMILES string of the molecule is COc1ccc(C(=O)NNC(=S)NC(=O)c2ccc(OCC(C)C)cc2)cc1I. The number of carbonyl (C=O) groups excluding carboxylic acids is 2. The molecule has 0 spiro atoms. The summed E-state index contributed by atoms with van der Waals surface area (Å²) in [5.41, 5.74) is 5.81. The van der Waals surface area contributed by atoms with E-state index in [1.807, 2.05) is 0 Å². The molecule has 0 radical (unpaired) electrons. The molecular formula is C20H22IN3O4S. The zero-order valence-electron chi connectivity index (χ0n) is 16.2. The van der Waals surface area contributed by atoms with E-state index in [2.05, 4.69) is 52.6 Å². The van der Waals surface area contributed by atoms with Crippen molar-refractivity contribution in [3.63, 3.8) is 0 Å². The molecule has 2 rings (SSSR count). The minimum Gasteiger partial charge on any atom is -0.496 e. The largest absolute Gasteiger partial charge is 0.496 e. The average molecular weight is 527 g/mol. The van der Waals surface area contributed by atoms with Crippen LogP contribution in [0.4, 0.5) is 0 Å². The number of hydrogen-bond acceptors (Lipinski definition) is 5. The van der Waals surface area contributed by atoms with E-state index in [4.69, 9.17) is 21.7 Å². The Morgan fingerprint density at radius 1 is 1.03 bits per heavy atom. The smallest absolute Gasteiger partial charge is 0.269 e. The molecule has 29 heavy (non-hydrogen) atoms. The predicted molar refractivity (Wildman–Crippen MR) is 123 cm³/mol. The third kappa shape index (κ3) is 7.17. The summed E-state index contributed by atoms with van der Waals surface area (Å²) in [4.78, 5) is 24.5. The van der Waals surface area contributed by atoms with E-state index in [0.29, 0.717) is 35.2 Å². The van der Waals surface area contributed by atoms with Gasteiger partial charge in [-0.05, 0) is 83.2 Å². The van der Waals surface area contributed by atoms with Crippen LogP contribution in [0.25, 0.3) is 0 Å². The fourth-order valence-corrected chi connectivity index (χ4v) is 3.04. The lowest BCUT2D eigenvalue weighted by Gasteiger charge is -2.12. The lowest BCUT2D eigenvalue weighted by atomic mass is 10.2. The average Bonchev–Trinajstić information content (AvgIpc) is 2.70. The summed E-state index contributed by atoms with van der Waals surface area (Å²) in [5.74, 6) is 0.994. The molecule has 0 aliphatic rings. The quantitative estimate of drug-likeness (QED) is 0.304. The summed E-state index contributed by atoms with van der Waals surface area (Å²) in [6.45, 7) is 4.72. The lowest BCUT2D eigenvalue weighted by molar-refractivity contribution is 0.0934. The summed E-state index contributed by atoms with van der Waals surface area (Å²) >= 11 is 7.13. The van der Waals surface area contributed by atoms with E-state index in [0.717, 1.165) is 3.57 Å². The maximum absolute atomic E-state index is 12.3. The number of ether oxygens (including phenoxy) is 2. The highest BCUT2D eigenvalue weighted by atomic mass is 127. The zero-order valence-corrected chi connectivity index (χ0v) is 19.2. The number of thiocarbonyl (C=S) groups is 1. The summed E-state index contributed by atoms with van der Waals surface area (Å²) in [6, 6.07) is 11.7. The van der Waals surface area contributed by atoms with Crippen molar-refractivity contribution in [2.75, 3.05) is 13.7 Å². The molecule has 9 heteroatoms. The Morgan fingerprint density at radius 2 is 1.69 bits per heavy atom. The van der Waals surface area contributed by atoms with Crippen molar-refractivity contribution >= 4 is 51.7 Å². The minimum atomic E-state index is -0.397. The second-order valence-corrected chi connectivity index (χ2v) is 8.01. The molecule has 3 N–H and O–H groups in total. The van der Waals surface area contributed by atoms with Gasteiger partial charge in [-0.3, -0.25) is 25.8 Å². The van der Waals surface area contributed by atoms with Crippen molar-refractivity contribution in [1.29, 1.82) is 0 Å². The monoisotopic (exact) mass is 527 g/mol. The fourth-order valence-electron chi connectivity index (χ4n) is 2.17. The summed E-state index contributed by atoms with van der Waals surface area (Å²) < 4.78 is 11.6. The van der Waals surface area contributed by atoms with Gasteiger partial charge in [-0.25, -0.2) is 0 Å². The Bertz CT molecular complexity index is 888. The summed E-state index contributed by atoms with van der Waals surface area (Å²) in [5, 5.41) is 2.49. The van der Waals surface area contributed by atoms with Crippen LogP contribution in [0, 0.1) is 9.49 Å². The van der Waals surface area contributed by atoms with Crippen LogP contribution in [-0.2, 0) is 0 Å². The second kappa shape index (κ2) is 11.0. The normalized spacial score (nSPS) is 10.2. The summed E-state index contributed by atoms with van der Waals surface area (Å²) in [7, 11) is 1.56. The number of rotatable bonds is 6. The number of hydrogen-bond donors (Lipinski definition) is 3. The van der Waals surface area contributed by atoms with Gasteiger partial charge < -0.3 is 9.47 Å². The van der Waals surface area contributed by atoms with Crippen LogP contribution in [0.2, 0.25) is 0 Å². The lowest BCUT2D eigenvalue weighted by Crippen LogP contribution is -2.48. The van der Waals surface area contributed by atoms with Gasteiger partial charge in [0.25, 0.3) is 11.8 Å². The van der Waals surface area contributed by atoms with E-state index < -0.39 is 11.8 Å². The number of nitrogens with one attached hydrogen (secondary N) is 3. The van der Waals surface area contributed by atoms with Gasteiger partial charge in [-0.2, -0.15) is 0 Å². The van der Waals surface area contributed by atoms with Crippen molar-refractivity contribution in [2.24, 2.45) is 5.92 Å². The molecule has 0 saturated heterocycles. The molecule has 0 bridgehead atoms. The van der Waals surface area contributed by atoms with Crippen LogP contribution in [0.3, 0.4) is 0 Å². The van der Waals surface area contributed by atoms with E-state index in [1.54, 1.807) is 49.6 Å². The molecule has 7 nitrogen and oxygen atoms in total. The fraction of sp³-hybridized carbons (Fsp3) is 0.250. The molecule has 0 heterocycles. The number of carbonyl (C=O) groups is 2. The van der Waals surface area contributed by atoms with Crippen molar-refractivity contribution in [2.45, 2.75) is 13.8 Å². The Hall–Kier alpha value is -2.40. The van der Waals surface area contributed by atoms with Crippen LogP contribution >= 0.6 is 34.8 Å². The summed E-state index contributed by atoms with van der Waals surface area (Å²) in [6.07, 6.45) is 0. The predicted octanol–water partition coefficient (Wildman–Crippen LogP) is 3.28.